The zero-order valence-corrected chi connectivity index (χ0v) is 9.20. The maximum Gasteiger partial charge on any atom is 0.0639 e. The van der Waals surface area contributed by atoms with Crippen LogP contribution in [0.5, 0.6) is 0 Å². The van der Waals surface area contributed by atoms with Crippen molar-refractivity contribution in [1.82, 2.24) is 4.98 Å². The number of hydrogen-bond acceptors (Lipinski definition) is 3. The molecule has 1 saturated carbocycles. The Morgan fingerprint density at radius 2 is 2.40 bits per heavy atom. The van der Waals surface area contributed by atoms with Crippen LogP contribution in [-0.4, -0.2) is 24.7 Å². The maximum absolute atomic E-state index is 5.54. The van der Waals surface area contributed by atoms with Crippen molar-refractivity contribution in [3.63, 3.8) is 0 Å². The normalized spacial score (nSPS) is 15.3. The fraction of sp³-hybridized carbons (Fsp3) is 0.583. The second-order valence-electron chi connectivity index (χ2n) is 4.14. The molecule has 3 nitrogen and oxygen atoms in total. The number of rotatable bonds is 6. The number of nitrogens with one attached hydrogen (secondary N) is 1. The molecule has 1 fully saturated rings. The first-order valence-corrected chi connectivity index (χ1v) is 5.58. The summed E-state index contributed by atoms with van der Waals surface area (Å²) < 4.78 is 5.54. The van der Waals surface area contributed by atoms with Crippen LogP contribution in [0.2, 0.25) is 0 Å². The molecule has 0 aliphatic heterocycles. The molecule has 0 spiro atoms. The van der Waals surface area contributed by atoms with Crippen LogP contribution in [0.25, 0.3) is 0 Å². The zero-order chi connectivity index (χ0) is 10.5. The Labute approximate surface area is 90.9 Å². The second-order valence-corrected chi connectivity index (χ2v) is 4.14. The van der Waals surface area contributed by atoms with E-state index in [1.807, 2.05) is 12.3 Å². The lowest BCUT2D eigenvalue weighted by atomic mass is 10.2. The predicted octanol–water partition coefficient (Wildman–Crippen LogP) is 2.23. The van der Waals surface area contributed by atoms with Crippen LogP contribution in [0.4, 0.5) is 5.69 Å². The lowest BCUT2D eigenvalue weighted by molar-refractivity contribution is 0.134. The van der Waals surface area contributed by atoms with E-state index in [0.29, 0.717) is 0 Å². The third kappa shape index (κ3) is 3.51. The van der Waals surface area contributed by atoms with Gasteiger partial charge in [0.05, 0.1) is 6.61 Å². The smallest absolute Gasteiger partial charge is 0.0639 e. The molecule has 0 unspecified atom stereocenters. The molecule has 1 aliphatic rings. The first-order valence-electron chi connectivity index (χ1n) is 5.58. The van der Waals surface area contributed by atoms with Gasteiger partial charge in [0, 0.05) is 31.2 Å². The summed E-state index contributed by atoms with van der Waals surface area (Å²) in [5, 5.41) is 3.34. The zero-order valence-electron chi connectivity index (χ0n) is 9.20. The topological polar surface area (TPSA) is 34.2 Å². The van der Waals surface area contributed by atoms with Crippen molar-refractivity contribution in [2.75, 3.05) is 25.1 Å². The molecule has 1 heterocycles. The fourth-order valence-corrected chi connectivity index (χ4v) is 1.46. The minimum Gasteiger partial charge on any atom is -0.382 e. The highest BCUT2D eigenvalue weighted by Crippen LogP contribution is 2.28. The van der Waals surface area contributed by atoms with Crippen molar-refractivity contribution in [2.45, 2.75) is 19.8 Å². The molecular formula is C12H18N2O. The van der Waals surface area contributed by atoms with E-state index in [-0.39, 0.29) is 0 Å². The Bertz CT molecular complexity index is 310. The highest BCUT2D eigenvalue weighted by atomic mass is 16.5. The third-order valence-corrected chi connectivity index (χ3v) is 2.63. The average Bonchev–Trinajstić information content (AvgIpc) is 3.04. The Kier molecular flexibility index (Phi) is 3.56. The molecule has 0 atom stereocenters. The van der Waals surface area contributed by atoms with E-state index in [9.17, 15) is 0 Å². The lowest BCUT2D eigenvalue weighted by Gasteiger charge is -2.08. The molecule has 0 amide bonds. The van der Waals surface area contributed by atoms with Gasteiger partial charge >= 0.3 is 0 Å². The summed E-state index contributed by atoms with van der Waals surface area (Å²) in [5.74, 6) is 0.854. The molecule has 82 valence electrons. The van der Waals surface area contributed by atoms with Gasteiger partial charge in [-0.25, -0.2) is 0 Å². The number of hydrogen-bond donors (Lipinski definition) is 1. The molecule has 15 heavy (non-hydrogen) atoms. The number of pyridine rings is 1. The molecule has 1 N–H and O–H groups in total. The van der Waals surface area contributed by atoms with Gasteiger partial charge in [-0.2, -0.15) is 0 Å². The summed E-state index contributed by atoms with van der Waals surface area (Å²) in [4.78, 5) is 4.05. The van der Waals surface area contributed by atoms with Gasteiger partial charge in [0.1, 0.15) is 0 Å². The summed E-state index contributed by atoms with van der Waals surface area (Å²) in [6.45, 7) is 4.66. The third-order valence-electron chi connectivity index (χ3n) is 2.63. The SMILES string of the molecule is Cc1cnccc1NCCOCC1CC1. The summed E-state index contributed by atoms with van der Waals surface area (Å²) in [6, 6.07) is 2.00. The Morgan fingerprint density at radius 1 is 1.53 bits per heavy atom. The van der Waals surface area contributed by atoms with Gasteiger partial charge in [-0.1, -0.05) is 0 Å². The minimum atomic E-state index is 0.790. The monoisotopic (exact) mass is 206 g/mol. The fourth-order valence-electron chi connectivity index (χ4n) is 1.46. The van der Waals surface area contributed by atoms with Gasteiger partial charge in [-0.3, -0.25) is 4.98 Å². The van der Waals surface area contributed by atoms with Gasteiger partial charge in [-0.05, 0) is 37.3 Å². The van der Waals surface area contributed by atoms with Crippen LogP contribution in [0.15, 0.2) is 18.5 Å². The Hall–Kier alpha value is -1.09. The van der Waals surface area contributed by atoms with Crippen molar-refractivity contribution in [1.29, 1.82) is 0 Å². The van der Waals surface area contributed by atoms with Crippen LogP contribution in [0.3, 0.4) is 0 Å². The van der Waals surface area contributed by atoms with Crippen molar-refractivity contribution in [2.24, 2.45) is 5.92 Å². The van der Waals surface area contributed by atoms with E-state index in [0.717, 1.165) is 31.4 Å². The minimum absolute atomic E-state index is 0.790. The molecular weight excluding hydrogens is 188 g/mol. The lowest BCUT2D eigenvalue weighted by Crippen LogP contribution is -2.11. The quantitative estimate of drug-likeness (QED) is 0.725. The highest BCUT2D eigenvalue weighted by Gasteiger charge is 2.20. The van der Waals surface area contributed by atoms with Crippen molar-refractivity contribution in [3.05, 3.63) is 24.0 Å². The first-order chi connectivity index (χ1) is 7.36. The van der Waals surface area contributed by atoms with E-state index < -0.39 is 0 Å². The van der Waals surface area contributed by atoms with Crippen LogP contribution in [0.1, 0.15) is 18.4 Å². The van der Waals surface area contributed by atoms with E-state index in [1.165, 1.54) is 18.4 Å². The molecule has 0 radical (unpaired) electrons. The van der Waals surface area contributed by atoms with E-state index in [1.54, 1.807) is 6.20 Å². The molecule has 2 rings (SSSR count). The molecule has 1 aliphatic carbocycles. The molecule has 0 bridgehead atoms. The van der Waals surface area contributed by atoms with Crippen molar-refractivity contribution in [3.8, 4) is 0 Å². The number of aromatic nitrogens is 1. The largest absolute Gasteiger partial charge is 0.382 e. The van der Waals surface area contributed by atoms with Gasteiger partial charge in [0.15, 0.2) is 0 Å². The summed E-state index contributed by atoms with van der Waals surface area (Å²) in [5.41, 5.74) is 2.33. The average molecular weight is 206 g/mol. The van der Waals surface area contributed by atoms with E-state index >= 15 is 0 Å². The second kappa shape index (κ2) is 5.12. The number of anilines is 1. The molecule has 3 heteroatoms. The number of aryl methyl sites for hydroxylation is 1. The standard InChI is InChI=1S/C12H18N2O/c1-10-8-13-5-4-12(10)14-6-7-15-9-11-2-3-11/h4-5,8,11H,2-3,6-7,9H2,1H3,(H,13,14). The van der Waals surface area contributed by atoms with Crippen LogP contribution in [0, 0.1) is 12.8 Å². The molecule has 1 aromatic heterocycles. The van der Waals surface area contributed by atoms with Gasteiger partial charge in [-0.15, -0.1) is 0 Å². The summed E-state index contributed by atoms with van der Waals surface area (Å²) in [6.07, 6.45) is 6.39. The molecule has 1 aromatic rings. The first kappa shape index (κ1) is 10.4. The van der Waals surface area contributed by atoms with Crippen LogP contribution < -0.4 is 5.32 Å². The van der Waals surface area contributed by atoms with Gasteiger partial charge in [0.2, 0.25) is 0 Å². The maximum atomic E-state index is 5.54. The molecule has 0 saturated heterocycles. The number of nitrogens with zero attached hydrogens (tertiary/aromatic N) is 1. The predicted molar refractivity (Wildman–Crippen MR) is 61.0 cm³/mol. The molecule has 0 aromatic carbocycles. The van der Waals surface area contributed by atoms with Crippen LogP contribution in [-0.2, 0) is 4.74 Å². The van der Waals surface area contributed by atoms with E-state index in [2.05, 4.69) is 17.2 Å². The van der Waals surface area contributed by atoms with Crippen molar-refractivity contribution >= 4 is 5.69 Å². The number of ether oxygens (including phenoxy) is 1. The van der Waals surface area contributed by atoms with Crippen LogP contribution >= 0.6 is 0 Å². The Balaban J connectivity index is 1.62. The Morgan fingerprint density at radius 3 is 3.13 bits per heavy atom. The van der Waals surface area contributed by atoms with Crippen molar-refractivity contribution < 1.29 is 4.74 Å². The van der Waals surface area contributed by atoms with Gasteiger partial charge in [0.25, 0.3) is 0 Å². The summed E-state index contributed by atoms with van der Waals surface area (Å²) in [7, 11) is 0. The summed E-state index contributed by atoms with van der Waals surface area (Å²) >= 11 is 0. The highest BCUT2D eigenvalue weighted by molar-refractivity contribution is 5.48. The van der Waals surface area contributed by atoms with Gasteiger partial charge < -0.3 is 10.1 Å². The van der Waals surface area contributed by atoms with E-state index in [4.69, 9.17) is 4.74 Å².